The fraction of sp³-hybridized carbons (Fsp3) is 0.143. The molecule has 0 aliphatic carbocycles. The Labute approximate surface area is 175 Å². The van der Waals surface area contributed by atoms with Crippen molar-refractivity contribution in [2.45, 2.75) is 24.7 Å². The summed E-state index contributed by atoms with van der Waals surface area (Å²) < 4.78 is 28.1. The SMILES string of the molecule is Cc1ccc(NC(=O)CCc2ccccn2)cc1S(=O)(=O)Nc1cccc(Cl)c1. The number of halogens is 1. The number of hydrogen-bond acceptors (Lipinski definition) is 4. The molecule has 150 valence electrons. The van der Waals surface area contributed by atoms with Crippen LogP contribution in [0.25, 0.3) is 0 Å². The van der Waals surface area contributed by atoms with Crippen molar-refractivity contribution in [3.05, 3.63) is 83.1 Å². The molecule has 0 atom stereocenters. The number of aromatic nitrogens is 1. The fourth-order valence-corrected chi connectivity index (χ4v) is 4.25. The maximum Gasteiger partial charge on any atom is 0.262 e. The third-order valence-corrected chi connectivity index (χ3v) is 5.93. The molecular formula is C21H20ClN3O3S. The molecule has 29 heavy (non-hydrogen) atoms. The Bertz CT molecular complexity index is 1120. The lowest BCUT2D eigenvalue weighted by Crippen LogP contribution is -2.16. The third-order valence-electron chi connectivity index (χ3n) is 4.17. The van der Waals surface area contributed by atoms with Gasteiger partial charge in [-0.25, -0.2) is 8.42 Å². The number of rotatable bonds is 7. The normalized spacial score (nSPS) is 11.1. The number of sulfonamides is 1. The van der Waals surface area contributed by atoms with Gasteiger partial charge in [-0.15, -0.1) is 0 Å². The molecule has 2 N–H and O–H groups in total. The van der Waals surface area contributed by atoms with Gasteiger partial charge in [0.15, 0.2) is 0 Å². The van der Waals surface area contributed by atoms with E-state index in [2.05, 4.69) is 15.0 Å². The molecule has 0 unspecified atom stereocenters. The molecule has 2 aromatic carbocycles. The summed E-state index contributed by atoms with van der Waals surface area (Å²) in [5.41, 5.74) is 2.15. The van der Waals surface area contributed by atoms with Gasteiger partial charge in [0.2, 0.25) is 5.91 Å². The van der Waals surface area contributed by atoms with Crippen molar-refractivity contribution in [1.82, 2.24) is 4.98 Å². The van der Waals surface area contributed by atoms with E-state index in [0.717, 1.165) is 5.69 Å². The number of anilines is 2. The van der Waals surface area contributed by atoms with Crippen LogP contribution in [0.15, 0.2) is 71.8 Å². The molecule has 0 bridgehead atoms. The number of nitrogens with one attached hydrogen (secondary N) is 2. The average molecular weight is 430 g/mol. The van der Waals surface area contributed by atoms with Crippen molar-refractivity contribution in [1.29, 1.82) is 0 Å². The zero-order valence-electron chi connectivity index (χ0n) is 15.7. The number of hydrogen-bond donors (Lipinski definition) is 2. The lowest BCUT2D eigenvalue weighted by molar-refractivity contribution is -0.116. The van der Waals surface area contributed by atoms with Crippen LogP contribution in [0.2, 0.25) is 5.02 Å². The zero-order chi connectivity index (χ0) is 20.9. The van der Waals surface area contributed by atoms with Crippen LogP contribution in [0.3, 0.4) is 0 Å². The molecule has 0 aliphatic heterocycles. The molecule has 8 heteroatoms. The summed E-state index contributed by atoms with van der Waals surface area (Å²) in [6.45, 7) is 1.69. The van der Waals surface area contributed by atoms with Crippen LogP contribution >= 0.6 is 11.6 Å². The first-order valence-electron chi connectivity index (χ1n) is 8.92. The fourth-order valence-electron chi connectivity index (χ4n) is 2.74. The molecule has 0 saturated heterocycles. The van der Waals surface area contributed by atoms with Crippen molar-refractivity contribution in [2.75, 3.05) is 10.0 Å². The Morgan fingerprint density at radius 1 is 1.03 bits per heavy atom. The van der Waals surface area contributed by atoms with Crippen LogP contribution in [-0.4, -0.2) is 19.3 Å². The van der Waals surface area contributed by atoms with Crippen LogP contribution in [0, 0.1) is 6.92 Å². The van der Waals surface area contributed by atoms with Gasteiger partial charge < -0.3 is 5.32 Å². The Kier molecular flexibility index (Phi) is 6.51. The van der Waals surface area contributed by atoms with E-state index in [4.69, 9.17) is 11.6 Å². The predicted octanol–water partition coefficient (Wildman–Crippen LogP) is 4.42. The van der Waals surface area contributed by atoms with Gasteiger partial charge in [-0.1, -0.05) is 29.8 Å². The van der Waals surface area contributed by atoms with Crippen LogP contribution in [0.1, 0.15) is 17.7 Å². The minimum atomic E-state index is -3.84. The van der Waals surface area contributed by atoms with Gasteiger partial charge in [0, 0.05) is 29.0 Å². The van der Waals surface area contributed by atoms with Crippen LogP contribution in [0.5, 0.6) is 0 Å². The standard InChI is InChI=1S/C21H20ClN3O3S/c1-15-8-9-18(24-21(26)11-10-17-6-2-3-12-23-17)14-20(15)29(27,28)25-19-7-4-5-16(22)13-19/h2-9,12-14,25H,10-11H2,1H3,(H,24,26). The van der Waals surface area contributed by atoms with Crippen molar-refractivity contribution in [2.24, 2.45) is 0 Å². The molecule has 1 amide bonds. The second-order valence-electron chi connectivity index (χ2n) is 6.47. The topological polar surface area (TPSA) is 88.2 Å². The van der Waals surface area contributed by atoms with Gasteiger partial charge in [-0.2, -0.15) is 0 Å². The van der Waals surface area contributed by atoms with E-state index in [1.807, 2.05) is 18.2 Å². The van der Waals surface area contributed by atoms with Crippen LogP contribution in [-0.2, 0) is 21.2 Å². The molecule has 1 heterocycles. The van der Waals surface area contributed by atoms with E-state index >= 15 is 0 Å². The van der Waals surface area contributed by atoms with E-state index in [0.29, 0.717) is 28.4 Å². The van der Waals surface area contributed by atoms with Gasteiger partial charge in [0.1, 0.15) is 0 Å². The number of benzene rings is 2. The largest absolute Gasteiger partial charge is 0.326 e. The molecule has 3 rings (SSSR count). The molecule has 0 radical (unpaired) electrons. The highest BCUT2D eigenvalue weighted by Gasteiger charge is 2.18. The number of nitrogens with zero attached hydrogens (tertiary/aromatic N) is 1. The molecule has 6 nitrogen and oxygen atoms in total. The number of aryl methyl sites for hydroxylation is 2. The molecule has 0 fully saturated rings. The number of pyridine rings is 1. The summed E-state index contributed by atoms with van der Waals surface area (Å²) >= 11 is 5.92. The second-order valence-corrected chi connectivity index (χ2v) is 8.55. The third kappa shape index (κ3) is 5.79. The maximum atomic E-state index is 12.8. The predicted molar refractivity (Wildman–Crippen MR) is 115 cm³/mol. The lowest BCUT2D eigenvalue weighted by atomic mass is 10.2. The first-order chi connectivity index (χ1) is 13.8. The van der Waals surface area contributed by atoms with E-state index in [1.165, 1.54) is 12.1 Å². The lowest BCUT2D eigenvalue weighted by Gasteiger charge is -2.13. The molecule has 0 saturated carbocycles. The van der Waals surface area contributed by atoms with Crippen molar-refractivity contribution in [3.8, 4) is 0 Å². The Morgan fingerprint density at radius 3 is 2.59 bits per heavy atom. The summed E-state index contributed by atoms with van der Waals surface area (Å²) in [6, 6.07) is 16.8. The van der Waals surface area contributed by atoms with Gasteiger partial charge >= 0.3 is 0 Å². The maximum absolute atomic E-state index is 12.8. The Balaban J connectivity index is 1.72. The van der Waals surface area contributed by atoms with Gasteiger partial charge in [0.25, 0.3) is 10.0 Å². The smallest absolute Gasteiger partial charge is 0.262 e. The summed E-state index contributed by atoms with van der Waals surface area (Å²) in [5, 5.41) is 3.17. The number of carbonyl (C=O) groups is 1. The highest BCUT2D eigenvalue weighted by Crippen LogP contribution is 2.24. The van der Waals surface area contributed by atoms with Crippen LogP contribution < -0.4 is 10.0 Å². The minimum Gasteiger partial charge on any atom is -0.326 e. The quantitative estimate of drug-likeness (QED) is 0.582. The average Bonchev–Trinajstić information content (AvgIpc) is 2.68. The van der Waals surface area contributed by atoms with E-state index in [1.54, 1.807) is 43.5 Å². The summed E-state index contributed by atoms with van der Waals surface area (Å²) in [7, 11) is -3.84. The second kappa shape index (κ2) is 9.07. The highest BCUT2D eigenvalue weighted by atomic mass is 35.5. The Morgan fingerprint density at radius 2 is 1.86 bits per heavy atom. The monoisotopic (exact) mass is 429 g/mol. The zero-order valence-corrected chi connectivity index (χ0v) is 17.3. The molecule has 0 spiro atoms. The van der Waals surface area contributed by atoms with Crippen molar-refractivity contribution in [3.63, 3.8) is 0 Å². The van der Waals surface area contributed by atoms with Gasteiger partial charge in [0.05, 0.1) is 10.6 Å². The number of carbonyl (C=O) groups excluding carboxylic acids is 1. The first kappa shape index (κ1) is 20.8. The van der Waals surface area contributed by atoms with Crippen molar-refractivity contribution >= 4 is 38.9 Å². The van der Waals surface area contributed by atoms with Gasteiger partial charge in [-0.05, 0) is 61.4 Å². The van der Waals surface area contributed by atoms with Crippen LogP contribution in [0.4, 0.5) is 11.4 Å². The molecule has 3 aromatic rings. The summed E-state index contributed by atoms with van der Waals surface area (Å²) in [4.78, 5) is 16.5. The first-order valence-corrected chi connectivity index (χ1v) is 10.8. The molecule has 0 aliphatic rings. The molecular weight excluding hydrogens is 410 g/mol. The Hall–Kier alpha value is -2.90. The highest BCUT2D eigenvalue weighted by molar-refractivity contribution is 7.92. The van der Waals surface area contributed by atoms with Crippen molar-refractivity contribution < 1.29 is 13.2 Å². The van der Waals surface area contributed by atoms with Gasteiger partial charge in [-0.3, -0.25) is 14.5 Å². The minimum absolute atomic E-state index is 0.0833. The summed E-state index contributed by atoms with van der Waals surface area (Å²) in [5.74, 6) is -0.217. The van der Waals surface area contributed by atoms with E-state index in [-0.39, 0.29) is 17.2 Å². The van der Waals surface area contributed by atoms with E-state index < -0.39 is 10.0 Å². The number of amides is 1. The molecule has 1 aromatic heterocycles. The van der Waals surface area contributed by atoms with E-state index in [9.17, 15) is 13.2 Å². The summed E-state index contributed by atoms with van der Waals surface area (Å²) in [6.07, 6.45) is 2.42.